The van der Waals surface area contributed by atoms with Crippen molar-refractivity contribution in [1.82, 2.24) is 10.2 Å². The number of rotatable bonds is 16. The van der Waals surface area contributed by atoms with Gasteiger partial charge in [0.25, 0.3) is 0 Å². The van der Waals surface area contributed by atoms with Crippen molar-refractivity contribution in [1.29, 1.82) is 0 Å². The quantitative estimate of drug-likeness (QED) is 0.328. The zero-order valence-electron chi connectivity index (χ0n) is 21.0. The first kappa shape index (κ1) is 26.7. The minimum Gasteiger partial charge on any atom is -0.497 e. The van der Waals surface area contributed by atoms with E-state index in [4.69, 9.17) is 9.47 Å². The van der Waals surface area contributed by atoms with Crippen LogP contribution in [0.5, 0.6) is 11.5 Å². The molecule has 5 nitrogen and oxygen atoms in total. The van der Waals surface area contributed by atoms with Crippen LogP contribution in [-0.4, -0.2) is 37.6 Å². The normalized spacial score (nSPS) is 10.9. The second kappa shape index (κ2) is 15.3. The molecule has 182 valence electrons. The summed E-state index contributed by atoms with van der Waals surface area (Å²) in [6.07, 6.45) is 6.30. The van der Waals surface area contributed by atoms with Gasteiger partial charge in [-0.1, -0.05) is 63.9 Å². The fraction of sp³-hybridized carbons (Fsp3) is 0.536. The maximum atomic E-state index is 12.3. The minimum atomic E-state index is -0.00682. The van der Waals surface area contributed by atoms with Gasteiger partial charge in [-0.15, -0.1) is 0 Å². The minimum absolute atomic E-state index is 0.00682. The van der Waals surface area contributed by atoms with Crippen LogP contribution in [0.15, 0.2) is 42.5 Å². The summed E-state index contributed by atoms with van der Waals surface area (Å²) in [6, 6.07) is 14.5. The van der Waals surface area contributed by atoms with Gasteiger partial charge in [-0.05, 0) is 49.5 Å². The fourth-order valence-electron chi connectivity index (χ4n) is 3.78. The summed E-state index contributed by atoms with van der Waals surface area (Å²) >= 11 is 0. The first-order valence-corrected chi connectivity index (χ1v) is 12.5. The van der Waals surface area contributed by atoms with Gasteiger partial charge < -0.3 is 14.8 Å². The van der Waals surface area contributed by atoms with Crippen molar-refractivity contribution in [2.24, 2.45) is 0 Å². The van der Waals surface area contributed by atoms with Gasteiger partial charge in [-0.2, -0.15) is 0 Å². The van der Waals surface area contributed by atoms with Crippen molar-refractivity contribution in [2.75, 3.05) is 26.8 Å². The molecule has 2 aromatic rings. The van der Waals surface area contributed by atoms with Crippen LogP contribution in [-0.2, 0) is 24.3 Å². The van der Waals surface area contributed by atoms with Gasteiger partial charge >= 0.3 is 0 Å². The van der Waals surface area contributed by atoms with Gasteiger partial charge in [0.2, 0.25) is 5.91 Å². The molecule has 2 aromatic carbocycles. The molecular weight excluding hydrogens is 412 g/mol. The van der Waals surface area contributed by atoms with Gasteiger partial charge in [-0.25, -0.2) is 0 Å². The number of nitrogens with one attached hydrogen (secondary N) is 1. The van der Waals surface area contributed by atoms with Crippen LogP contribution >= 0.6 is 0 Å². The average molecular weight is 455 g/mol. The fourth-order valence-corrected chi connectivity index (χ4v) is 3.78. The Bertz CT molecular complexity index is 820. The van der Waals surface area contributed by atoms with Crippen LogP contribution in [0.2, 0.25) is 0 Å². The molecule has 0 spiro atoms. The van der Waals surface area contributed by atoms with E-state index in [0.717, 1.165) is 55.1 Å². The third kappa shape index (κ3) is 9.87. The lowest BCUT2D eigenvalue weighted by molar-refractivity contribution is -0.121. The van der Waals surface area contributed by atoms with E-state index in [0.29, 0.717) is 19.6 Å². The van der Waals surface area contributed by atoms with Crippen molar-refractivity contribution >= 4 is 5.91 Å². The Morgan fingerprint density at radius 1 is 0.970 bits per heavy atom. The number of benzene rings is 2. The van der Waals surface area contributed by atoms with Crippen LogP contribution in [0.1, 0.15) is 69.6 Å². The zero-order chi connectivity index (χ0) is 23.9. The summed E-state index contributed by atoms with van der Waals surface area (Å²) in [4.78, 5) is 14.7. The Morgan fingerprint density at radius 2 is 1.73 bits per heavy atom. The second-order valence-electron chi connectivity index (χ2n) is 8.49. The molecule has 0 aliphatic heterocycles. The molecule has 0 unspecified atom stereocenters. The van der Waals surface area contributed by atoms with E-state index in [-0.39, 0.29) is 5.91 Å². The Balaban J connectivity index is 1.82. The van der Waals surface area contributed by atoms with Crippen LogP contribution in [0.3, 0.4) is 0 Å². The van der Waals surface area contributed by atoms with Gasteiger partial charge in [0.05, 0.1) is 20.1 Å². The summed E-state index contributed by atoms with van der Waals surface area (Å²) in [7, 11) is 1.65. The highest BCUT2D eigenvalue weighted by atomic mass is 16.5. The van der Waals surface area contributed by atoms with Crippen LogP contribution < -0.4 is 14.8 Å². The van der Waals surface area contributed by atoms with E-state index >= 15 is 0 Å². The molecule has 33 heavy (non-hydrogen) atoms. The van der Waals surface area contributed by atoms with Crippen molar-refractivity contribution in [2.45, 2.75) is 72.4 Å². The summed E-state index contributed by atoms with van der Waals surface area (Å²) in [5.41, 5.74) is 3.60. The first-order chi connectivity index (χ1) is 16.1. The lowest BCUT2D eigenvalue weighted by atomic mass is 10.1. The Morgan fingerprint density at radius 3 is 2.39 bits per heavy atom. The molecule has 2 rings (SSSR count). The average Bonchev–Trinajstić information content (AvgIpc) is 2.84. The molecule has 0 aliphatic rings. The maximum absolute atomic E-state index is 12.3. The highest BCUT2D eigenvalue weighted by Gasteiger charge is 2.11. The lowest BCUT2D eigenvalue weighted by Gasteiger charge is -2.21. The van der Waals surface area contributed by atoms with Crippen molar-refractivity contribution < 1.29 is 14.3 Å². The van der Waals surface area contributed by atoms with Gasteiger partial charge in [0, 0.05) is 24.7 Å². The SMILES string of the molecule is CCCCCc1ccc(CNC(=O)CCOc2cc(OC)ccc2CN(CC)CCC)cc1. The lowest BCUT2D eigenvalue weighted by Crippen LogP contribution is -2.25. The number of carbonyl (C=O) groups is 1. The molecular formula is C28H42N2O3. The molecule has 0 heterocycles. The molecule has 0 bridgehead atoms. The van der Waals surface area contributed by atoms with Crippen molar-refractivity contribution in [3.63, 3.8) is 0 Å². The Hall–Kier alpha value is -2.53. The molecule has 0 saturated carbocycles. The molecule has 0 aromatic heterocycles. The predicted molar refractivity (Wildman–Crippen MR) is 136 cm³/mol. The number of unbranched alkanes of at least 4 members (excludes halogenated alkanes) is 2. The smallest absolute Gasteiger partial charge is 0.223 e. The topological polar surface area (TPSA) is 50.8 Å². The molecule has 5 heteroatoms. The highest BCUT2D eigenvalue weighted by Crippen LogP contribution is 2.26. The third-order valence-corrected chi connectivity index (χ3v) is 5.82. The van der Waals surface area contributed by atoms with Crippen LogP contribution in [0.25, 0.3) is 0 Å². The number of hydrogen-bond acceptors (Lipinski definition) is 4. The van der Waals surface area contributed by atoms with E-state index < -0.39 is 0 Å². The molecule has 1 N–H and O–H groups in total. The summed E-state index contributed by atoms with van der Waals surface area (Å²) in [5, 5.41) is 3.00. The number of methoxy groups -OCH3 is 1. The number of aryl methyl sites for hydroxylation is 1. The third-order valence-electron chi connectivity index (χ3n) is 5.82. The molecule has 0 saturated heterocycles. The van der Waals surface area contributed by atoms with E-state index in [2.05, 4.69) is 61.3 Å². The first-order valence-electron chi connectivity index (χ1n) is 12.5. The Kier molecular flexibility index (Phi) is 12.4. The van der Waals surface area contributed by atoms with Crippen molar-refractivity contribution in [3.8, 4) is 11.5 Å². The number of carbonyl (C=O) groups excluding carboxylic acids is 1. The van der Waals surface area contributed by atoms with Gasteiger partial charge in [0.15, 0.2) is 0 Å². The maximum Gasteiger partial charge on any atom is 0.223 e. The number of hydrogen-bond donors (Lipinski definition) is 1. The van der Waals surface area contributed by atoms with E-state index in [1.54, 1.807) is 7.11 Å². The number of amides is 1. The molecule has 0 aliphatic carbocycles. The highest BCUT2D eigenvalue weighted by molar-refractivity contribution is 5.76. The molecule has 1 amide bonds. The second-order valence-corrected chi connectivity index (χ2v) is 8.49. The van der Waals surface area contributed by atoms with Crippen molar-refractivity contribution in [3.05, 3.63) is 59.2 Å². The number of ether oxygens (including phenoxy) is 2. The standard InChI is InChI=1S/C28H42N2O3/c1-5-8-9-10-23-11-13-24(14-12-23)21-29-28(31)17-19-33-27-20-26(32-4)16-15-25(27)22-30(7-3)18-6-2/h11-16,20H,5-10,17-19,21-22H2,1-4H3,(H,29,31). The van der Waals surface area contributed by atoms with E-state index in [1.807, 2.05) is 12.1 Å². The van der Waals surface area contributed by atoms with Crippen LogP contribution in [0.4, 0.5) is 0 Å². The largest absolute Gasteiger partial charge is 0.497 e. The summed E-state index contributed by atoms with van der Waals surface area (Å²) in [6.45, 7) is 10.3. The van der Waals surface area contributed by atoms with Crippen LogP contribution in [0, 0.1) is 0 Å². The number of nitrogens with zero attached hydrogens (tertiary/aromatic N) is 1. The van der Waals surface area contributed by atoms with Gasteiger partial charge in [-0.3, -0.25) is 9.69 Å². The monoisotopic (exact) mass is 454 g/mol. The Labute approximate surface area is 200 Å². The summed E-state index contributed by atoms with van der Waals surface area (Å²) in [5.74, 6) is 1.54. The van der Waals surface area contributed by atoms with E-state index in [1.165, 1.54) is 24.8 Å². The van der Waals surface area contributed by atoms with E-state index in [9.17, 15) is 4.79 Å². The molecule has 0 radical (unpaired) electrons. The zero-order valence-corrected chi connectivity index (χ0v) is 21.0. The van der Waals surface area contributed by atoms with Gasteiger partial charge in [0.1, 0.15) is 11.5 Å². The molecule has 0 fully saturated rings. The predicted octanol–water partition coefficient (Wildman–Crippen LogP) is 5.75. The summed E-state index contributed by atoms with van der Waals surface area (Å²) < 4.78 is 11.4. The molecule has 0 atom stereocenters.